The second-order valence-electron chi connectivity index (χ2n) is 5.81. The van der Waals surface area contributed by atoms with Crippen molar-refractivity contribution in [2.75, 3.05) is 20.8 Å². The van der Waals surface area contributed by atoms with E-state index < -0.39 is 5.54 Å². The standard InChI is InChI=1S/C16H26N2O3/c1-16(2,17)11-15(19)18-9-5-6-12-7-8-13(20-3)14(10-12)21-4/h7-8,10H,5-6,9,11,17H2,1-4H3,(H,18,19). The molecule has 0 aromatic heterocycles. The Morgan fingerprint density at radius 1 is 1.24 bits per heavy atom. The molecule has 3 N–H and O–H groups in total. The second kappa shape index (κ2) is 7.88. The fraction of sp³-hybridized carbons (Fsp3) is 0.562. The smallest absolute Gasteiger partial charge is 0.221 e. The van der Waals surface area contributed by atoms with Crippen LogP contribution in [0.1, 0.15) is 32.3 Å². The third kappa shape index (κ3) is 6.49. The topological polar surface area (TPSA) is 73.6 Å². The first-order chi connectivity index (χ1) is 9.85. The molecule has 0 aliphatic carbocycles. The van der Waals surface area contributed by atoms with Gasteiger partial charge in [-0.2, -0.15) is 0 Å². The highest BCUT2D eigenvalue weighted by molar-refractivity contribution is 5.76. The van der Waals surface area contributed by atoms with Gasteiger partial charge in [-0.25, -0.2) is 0 Å². The fourth-order valence-corrected chi connectivity index (χ4v) is 2.03. The first-order valence-electron chi connectivity index (χ1n) is 7.12. The summed E-state index contributed by atoms with van der Waals surface area (Å²) in [7, 11) is 3.24. The lowest BCUT2D eigenvalue weighted by Crippen LogP contribution is -2.39. The number of ether oxygens (including phenoxy) is 2. The molecule has 1 rings (SSSR count). The normalized spacial score (nSPS) is 11.1. The van der Waals surface area contributed by atoms with Gasteiger partial charge in [0, 0.05) is 18.5 Å². The molecular weight excluding hydrogens is 268 g/mol. The Kier molecular flexibility index (Phi) is 6.49. The van der Waals surface area contributed by atoms with Crippen molar-refractivity contribution in [2.45, 2.75) is 38.6 Å². The maximum Gasteiger partial charge on any atom is 0.221 e. The van der Waals surface area contributed by atoms with E-state index in [4.69, 9.17) is 15.2 Å². The molecule has 0 atom stereocenters. The minimum absolute atomic E-state index is 0.00480. The molecule has 1 aromatic rings. The maximum absolute atomic E-state index is 11.6. The minimum atomic E-state index is -0.465. The van der Waals surface area contributed by atoms with Crippen LogP contribution in [0.2, 0.25) is 0 Å². The zero-order chi connectivity index (χ0) is 15.9. The predicted molar refractivity (Wildman–Crippen MR) is 83.8 cm³/mol. The van der Waals surface area contributed by atoms with Crippen molar-refractivity contribution < 1.29 is 14.3 Å². The molecule has 1 amide bonds. The zero-order valence-electron chi connectivity index (χ0n) is 13.4. The number of nitrogens with two attached hydrogens (primary N) is 1. The number of methoxy groups -OCH3 is 2. The van der Waals surface area contributed by atoms with Crippen molar-refractivity contribution in [3.63, 3.8) is 0 Å². The summed E-state index contributed by atoms with van der Waals surface area (Å²) < 4.78 is 10.5. The molecule has 21 heavy (non-hydrogen) atoms. The first kappa shape index (κ1) is 17.3. The summed E-state index contributed by atoms with van der Waals surface area (Å²) >= 11 is 0. The Balaban J connectivity index is 2.38. The SMILES string of the molecule is COc1ccc(CCCNC(=O)CC(C)(C)N)cc1OC. The molecular formula is C16H26N2O3. The number of hydrogen-bond donors (Lipinski definition) is 2. The number of nitrogens with one attached hydrogen (secondary N) is 1. The lowest BCUT2D eigenvalue weighted by molar-refractivity contribution is -0.122. The first-order valence-corrected chi connectivity index (χ1v) is 7.12. The number of hydrogen-bond acceptors (Lipinski definition) is 4. The summed E-state index contributed by atoms with van der Waals surface area (Å²) in [5.74, 6) is 1.44. The van der Waals surface area contributed by atoms with E-state index in [1.807, 2.05) is 32.0 Å². The Morgan fingerprint density at radius 3 is 2.48 bits per heavy atom. The van der Waals surface area contributed by atoms with Crippen LogP contribution in [0.5, 0.6) is 11.5 Å². The third-order valence-electron chi connectivity index (χ3n) is 3.03. The average Bonchev–Trinajstić information content (AvgIpc) is 2.41. The number of carbonyl (C=O) groups is 1. The number of amides is 1. The quantitative estimate of drug-likeness (QED) is 0.718. The Bertz CT molecular complexity index is 467. The van der Waals surface area contributed by atoms with E-state index in [9.17, 15) is 4.79 Å². The molecule has 0 fully saturated rings. The van der Waals surface area contributed by atoms with Gasteiger partial charge in [-0.05, 0) is 44.4 Å². The van der Waals surface area contributed by atoms with Crippen molar-refractivity contribution in [1.82, 2.24) is 5.32 Å². The van der Waals surface area contributed by atoms with Crippen molar-refractivity contribution in [3.05, 3.63) is 23.8 Å². The van der Waals surface area contributed by atoms with Gasteiger partial charge in [0.1, 0.15) is 0 Å². The van der Waals surface area contributed by atoms with Crippen LogP contribution in [0.15, 0.2) is 18.2 Å². The molecule has 0 bridgehead atoms. The monoisotopic (exact) mass is 294 g/mol. The molecule has 0 saturated carbocycles. The van der Waals surface area contributed by atoms with Gasteiger partial charge in [-0.15, -0.1) is 0 Å². The number of aryl methyl sites for hydroxylation is 1. The van der Waals surface area contributed by atoms with Crippen LogP contribution in [-0.2, 0) is 11.2 Å². The summed E-state index contributed by atoms with van der Waals surface area (Å²) in [4.78, 5) is 11.6. The van der Waals surface area contributed by atoms with E-state index in [1.54, 1.807) is 14.2 Å². The van der Waals surface area contributed by atoms with Crippen molar-refractivity contribution >= 4 is 5.91 Å². The summed E-state index contributed by atoms with van der Waals surface area (Å²) in [6.07, 6.45) is 2.07. The molecule has 0 heterocycles. The van der Waals surface area contributed by atoms with E-state index in [0.29, 0.717) is 13.0 Å². The van der Waals surface area contributed by atoms with Gasteiger partial charge in [-0.1, -0.05) is 6.07 Å². The third-order valence-corrected chi connectivity index (χ3v) is 3.03. The molecule has 5 nitrogen and oxygen atoms in total. The van der Waals surface area contributed by atoms with Gasteiger partial charge in [0.15, 0.2) is 11.5 Å². The van der Waals surface area contributed by atoms with Crippen LogP contribution in [-0.4, -0.2) is 32.2 Å². The highest BCUT2D eigenvalue weighted by Crippen LogP contribution is 2.27. The minimum Gasteiger partial charge on any atom is -0.493 e. The molecule has 0 spiro atoms. The highest BCUT2D eigenvalue weighted by atomic mass is 16.5. The van der Waals surface area contributed by atoms with Gasteiger partial charge in [0.25, 0.3) is 0 Å². The molecule has 0 radical (unpaired) electrons. The van der Waals surface area contributed by atoms with Gasteiger partial charge in [-0.3, -0.25) is 4.79 Å². The molecule has 0 aliphatic heterocycles. The molecule has 0 aliphatic rings. The second-order valence-corrected chi connectivity index (χ2v) is 5.81. The predicted octanol–water partition coefficient (Wildman–Crippen LogP) is 1.88. The van der Waals surface area contributed by atoms with Crippen molar-refractivity contribution in [3.8, 4) is 11.5 Å². The van der Waals surface area contributed by atoms with Crippen molar-refractivity contribution in [1.29, 1.82) is 0 Å². The van der Waals surface area contributed by atoms with E-state index in [-0.39, 0.29) is 5.91 Å². The molecule has 1 aromatic carbocycles. The molecule has 118 valence electrons. The van der Waals surface area contributed by atoms with Gasteiger partial charge in [0.05, 0.1) is 14.2 Å². The highest BCUT2D eigenvalue weighted by Gasteiger charge is 2.15. The molecule has 0 saturated heterocycles. The van der Waals surface area contributed by atoms with E-state index in [1.165, 1.54) is 0 Å². The largest absolute Gasteiger partial charge is 0.493 e. The Labute approximate surface area is 126 Å². The summed E-state index contributed by atoms with van der Waals surface area (Å²) in [5, 5.41) is 2.89. The number of carbonyl (C=O) groups excluding carboxylic acids is 1. The number of benzene rings is 1. The maximum atomic E-state index is 11.6. The van der Waals surface area contributed by atoms with Crippen LogP contribution in [0.25, 0.3) is 0 Å². The summed E-state index contributed by atoms with van der Waals surface area (Å²) in [6.45, 7) is 4.33. The lowest BCUT2D eigenvalue weighted by Gasteiger charge is -2.17. The van der Waals surface area contributed by atoms with Crippen molar-refractivity contribution in [2.24, 2.45) is 5.73 Å². The summed E-state index contributed by atoms with van der Waals surface area (Å²) in [5.41, 5.74) is 6.49. The van der Waals surface area contributed by atoms with Crippen LogP contribution in [0.3, 0.4) is 0 Å². The Hall–Kier alpha value is -1.75. The average molecular weight is 294 g/mol. The van der Waals surface area contributed by atoms with Crippen LogP contribution < -0.4 is 20.5 Å². The summed E-state index contributed by atoms with van der Waals surface area (Å²) in [6, 6.07) is 5.86. The molecule has 0 unspecified atom stereocenters. The van der Waals surface area contributed by atoms with Crippen LogP contribution >= 0.6 is 0 Å². The van der Waals surface area contributed by atoms with Gasteiger partial charge >= 0.3 is 0 Å². The van der Waals surface area contributed by atoms with Crippen LogP contribution in [0, 0.1) is 0 Å². The fourth-order valence-electron chi connectivity index (χ4n) is 2.03. The van der Waals surface area contributed by atoms with E-state index in [2.05, 4.69) is 5.32 Å². The van der Waals surface area contributed by atoms with Crippen LogP contribution in [0.4, 0.5) is 0 Å². The van der Waals surface area contributed by atoms with E-state index in [0.717, 1.165) is 29.9 Å². The molecule has 5 heteroatoms. The zero-order valence-corrected chi connectivity index (χ0v) is 13.4. The lowest BCUT2D eigenvalue weighted by atomic mass is 10.0. The number of rotatable bonds is 8. The van der Waals surface area contributed by atoms with E-state index >= 15 is 0 Å². The Morgan fingerprint density at radius 2 is 1.90 bits per heavy atom. The van der Waals surface area contributed by atoms with Gasteiger partial charge in [0.2, 0.25) is 5.91 Å². The van der Waals surface area contributed by atoms with Gasteiger partial charge < -0.3 is 20.5 Å².